The summed E-state index contributed by atoms with van der Waals surface area (Å²) in [5, 5.41) is 4.71. The Kier molecular flexibility index (Phi) is 9.70. The molecule has 2 aromatic heterocycles. The molecule has 0 amide bonds. The van der Waals surface area contributed by atoms with Crippen molar-refractivity contribution >= 4 is 101 Å². The summed E-state index contributed by atoms with van der Waals surface area (Å²) in [6.07, 6.45) is 0. The fraction of sp³-hybridized carbons (Fsp3) is 0. The molecule has 0 saturated heterocycles. The second kappa shape index (κ2) is 17.2. The van der Waals surface area contributed by atoms with Crippen LogP contribution in [0.4, 0.5) is 34.1 Å². The molecule has 0 atom stereocenters. The zero-order valence-corrected chi connectivity index (χ0v) is 41.9. The molecular weight excluding hydrogens is 934 g/mol. The summed E-state index contributed by atoms with van der Waals surface area (Å²) in [7, 11) is 0. The first kappa shape index (κ1) is 43.3. The van der Waals surface area contributed by atoms with Crippen LogP contribution in [-0.4, -0.2) is 11.3 Å². The molecule has 2 aliphatic rings. The van der Waals surface area contributed by atoms with Crippen LogP contribution in [0.2, 0.25) is 0 Å². The first-order valence-electron chi connectivity index (χ1n) is 26.5. The number of fused-ring (bicyclic) bond motifs is 10. The minimum atomic E-state index is -0.128. The van der Waals surface area contributed by atoms with Crippen molar-refractivity contribution in [1.82, 2.24) is 4.57 Å². The van der Waals surface area contributed by atoms with E-state index in [-0.39, 0.29) is 6.71 Å². The normalized spacial score (nSPS) is 12.6. The van der Waals surface area contributed by atoms with Gasteiger partial charge in [0.25, 0.3) is 6.71 Å². The van der Waals surface area contributed by atoms with Crippen molar-refractivity contribution in [2.75, 3.05) is 9.80 Å². The number of benzene rings is 12. The molecule has 0 bridgehead atoms. The van der Waals surface area contributed by atoms with Gasteiger partial charge in [0, 0.05) is 61.1 Å². The zero-order valence-electron chi connectivity index (χ0n) is 41.9. The molecule has 14 aromatic rings. The van der Waals surface area contributed by atoms with Gasteiger partial charge in [0.15, 0.2) is 0 Å². The van der Waals surface area contributed by atoms with Crippen molar-refractivity contribution in [3.05, 3.63) is 279 Å². The number of anilines is 6. The fourth-order valence-electron chi connectivity index (χ4n) is 12.8. The van der Waals surface area contributed by atoms with E-state index in [0.717, 1.165) is 106 Å². The van der Waals surface area contributed by atoms with E-state index in [4.69, 9.17) is 4.42 Å². The van der Waals surface area contributed by atoms with Crippen LogP contribution >= 0.6 is 0 Å². The van der Waals surface area contributed by atoms with Crippen LogP contribution in [0.15, 0.2) is 283 Å². The van der Waals surface area contributed by atoms with E-state index in [1.165, 1.54) is 38.2 Å². The number of furan rings is 1. The molecule has 0 spiro atoms. The summed E-state index contributed by atoms with van der Waals surface area (Å²) in [6.45, 7) is -0.128. The predicted octanol–water partition coefficient (Wildman–Crippen LogP) is 17.4. The molecule has 358 valence electrons. The smallest absolute Gasteiger partial charge is 0.252 e. The molecule has 16 rings (SSSR count). The number of aromatic nitrogens is 1. The first-order chi connectivity index (χ1) is 38.2. The van der Waals surface area contributed by atoms with Crippen molar-refractivity contribution in [3.63, 3.8) is 0 Å². The van der Waals surface area contributed by atoms with E-state index < -0.39 is 0 Å². The summed E-state index contributed by atoms with van der Waals surface area (Å²) < 4.78 is 8.82. The van der Waals surface area contributed by atoms with Gasteiger partial charge in [-0.2, -0.15) is 0 Å². The third-order valence-electron chi connectivity index (χ3n) is 16.2. The van der Waals surface area contributed by atoms with E-state index in [9.17, 15) is 0 Å². The Balaban J connectivity index is 1.02. The summed E-state index contributed by atoms with van der Waals surface area (Å²) in [4.78, 5) is 5.16. The van der Waals surface area contributed by atoms with Gasteiger partial charge in [0.2, 0.25) is 0 Å². The van der Waals surface area contributed by atoms with Crippen LogP contribution in [0.25, 0.3) is 93.9 Å². The van der Waals surface area contributed by atoms with E-state index in [0.29, 0.717) is 0 Å². The number of rotatable bonds is 7. The average molecular weight is 980 g/mol. The fourth-order valence-corrected chi connectivity index (χ4v) is 12.8. The van der Waals surface area contributed by atoms with Gasteiger partial charge in [-0.3, -0.25) is 0 Å². The maximum atomic E-state index is 6.36. The van der Waals surface area contributed by atoms with Crippen molar-refractivity contribution in [3.8, 4) is 50.2 Å². The molecule has 5 heteroatoms. The molecule has 2 aliphatic heterocycles. The lowest BCUT2D eigenvalue weighted by atomic mass is 9.33. The van der Waals surface area contributed by atoms with Crippen molar-refractivity contribution in [2.45, 2.75) is 0 Å². The minimum Gasteiger partial charge on any atom is -0.456 e. The third-order valence-corrected chi connectivity index (χ3v) is 16.2. The number of para-hydroxylation sites is 5. The largest absolute Gasteiger partial charge is 0.456 e. The number of nitrogens with zero attached hydrogens (tertiary/aromatic N) is 3. The summed E-state index contributed by atoms with van der Waals surface area (Å²) >= 11 is 0. The third kappa shape index (κ3) is 6.74. The van der Waals surface area contributed by atoms with Crippen molar-refractivity contribution in [1.29, 1.82) is 0 Å². The van der Waals surface area contributed by atoms with Gasteiger partial charge in [0.1, 0.15) is 11.2 Å². The molecule has 0 unspecified atom stereocenters. The Morgan fingerprint density at radius 2 is 0.727 bits per heavy atom. The van der Waals surface area contributed by atoms with Crippen LogP contribution < -0.4 is 26.2 Å². The first-order valence-corrected chi connectivity index (χ1v) is 26.5. The highest BCUT2D eigenvalue weighted by atomic mass is 16.3. The monoisotopic (exact) mass is 979 g/mol. The Morgan fingerprint density at radius 3 is 1.35 bits per heavy atom. The molecule has 12 aromatic carbocycles. The maximum Gasteiger partial charge on any atom is 0.252 e. The summed E-state index contributed by atoms with van der Waals surface area (Å²) in [5.74, 6) is 0. The van der Waals surface area contributed by atoms with Crippen LogP contribution in [0.1, 0.15) is 0 Å². The zero-order chi connectivity index (χ0) is 50.6. The second-order valence-corrected chi connectivity index (χ2v) is 20.4. The standard InChI is InChI=1S/C72H46BN3O/c1-4-20-47(21-5-1)52-44-68-72-69(45-52)76(63-32-16-11-27-55(63)49-24-8-3-9-25-49)67-46-53(74-64-33-17-12-28-56(64)57-29-13-18-34-65(57)74)38-40-61(67)73(72)60-39-36-51(50-37-41-71-59(42-50)58-30-14-19-35-70(58)77-71)43-66(60)75(68)62-31-15-10-26-54(62)48-22-6-2-7-23-48/h1-46H. The van der Waals surface area contributed by atoms with E-state index >= 15 is 0 Å². The summed E-state index contributed by atoms with van der Waals surface area (Å²) in [5.41, 5.74) is 25.0. The van der Waals surface area contributed by atoms with E-state index in [1.54, 1.807) is 0 Å². The van der Waals surface area contributed by atoms with Gasteiger partial charge in [-0.25, -0.2) is 0 Å². The van der Waals surface area contributed by atoms with Gasteiger partial charge >= 0.3 is 0 Å². The molecule has 77 heavy (non-hydrogen) atoms. The van der Waals surface area contributed by atoms with Crippen LogP contribution in [0.5, 0.6) is 0 Å². The molecule has 0 saturated carbocycles. The van der Waals surface area contributed by atoms with Crippen LogP contribution in [0.3, 0.4) is 0 Å². The topological polar surface area (TPSA) is 24.6 Å². The Morgan fingerprint density at radius 1 is 0.273 bits per heavy atom. The average Bonchev–Trinajstić information content (AvgIpc) is 4.17. The second-order valence-electron chi connectivity index (χ2n) is 20.4. The predicted molar refractivity (Wildman–Crippen MR) is 324 cm³/mol. The molecule has 0 aliphatic carbocycles. The van der Waals surface area contributed by atoms with Crippen LogP contribution in [0, 0.1) is 0 Å². The van der Waals surface area contributed by atoms with Gasteiger partial charge < -0.3 is 18.8 Å². The SMILES string of the molecule is c1ccc(-c2cc3c4c(c2)N(c2ccccc2-c2ccccc2)c2cc(-n5c6ccccc6c6ccccc65)ccc2B4c2ccc(-c4ccc5oc6ccccc6c5c4)cc2N3c2ccccc2-c2ccccc2)cc1. The Hall–Kier alpha value is -10.1. The molecule has 4 heterocycles. The molecule has 0 radical (unpaired) electrons. The molecule has 0 fully saturated rings. The number of hydrogen-bond acceptors (Lipinski definition) is 3. The van der Waals surface area contributed by atoms with Gasteiger partial charge in [0.05, 0.1) is 22.4 Å². The van der Waals surface area contributed by atoms with Crippen molar-refractivity contribution in [2.24, 2.45) is 0 Å². The molecule has 0 N–H and O–H groups in total. The quantitative estimate of drug-likeness (QED) is 0.149. The van der Waals surface area contributed by atoms with Crippen LogP contribution in [-0.2, 0) is 0 Å². The molecular formula is C72H46BN3O. The van der Waals surface area contributed by atoms with E-state index in [2.05, 4.69) is 287 Å². The van der Waals surface area contributed by atoms with Crippen molar-refractivity contribution < 1.29 is 4.42 Å². The van der Waals surface area contributed by atoms with Gasteiger partial charge in [-0.1, -0.05) is 206 Å². The van der Waals surface area contributed by atoms with Gasteiger partial charge in [-0.15, -0.1) is 0 Å². The Bertz CT molecular complexity index is 4600. The maximum absolute atomic E-state index is 6.36. The lowest BCUT2D eigenvalue weighted by Gasteiger charge is -2.45. The highest BCUT2D eigenvalue weighted by Crippen LogP contribution is 2.50. The molecule has 4 nitrogen and oxygen atoms in total. The van der Waals surface area contributed by atoms with E-state index in [1.807, 2.05) is 6.07 Å². The lowest BCUT2D eigenvalue weighted by molar-refractivity contribution is 0.669. The highest BCUT2D eigenvalue weighted by molar-refractivity contribution is 7.00. The summed E-state index contributed by atoms with van der Waals surface area (Å²) in [6, 6.07) is 103. The minimum absolute atomic E-state index is 0.128. The number of hydrogen-bond donors (Lipinski definition) is 0. The highest BCUT2D eigenvalue weighted by Gasteiger charge is 2.45. The van der Waals surface area contributed by atoms with Gasteiger partial charge in [-0.05, 0) is 123 Å². The Labute approximate surface area is 446 Å². The lowest BCUT2D eigenvalue weighted by Crippen LogP contribution is -2.61.